The van der Waals surface area contributed by atoms with E-state index in [2.05, 4.69) is 10.3 Å². The number of nitrogens with zero attached hydrogens (tertiary/aromatic N) is 1. The van der Waals surface area contributed by atoms with Crippen LogP contribution in [-0.4, -0.2) is 15.5 Å². The number of nitrogens with one attached hydrogen (secondary N) is 2. The zero-order valence-corrected chi connectivity index (χ0v) is 12.5. The molecule has 3 aromatic rings. The van der Waals surface area contributed by atoms with Gasteiger partial charge in [-0.2, -0.15) is 0 Å². The van der Waals surface area contributed by atoms with E-state index in [0.29, 0.717) is 5.69 Å². The van der Waals surface area contributed by atoms with Crippen LogP contribution in [0.2, 0.25) is 0 Å². The molecule has 1 aromatic carbocycles. The maximum Gasteiger partial charge on any atom is 0.248 e. The number of H-pyrrole nitrogens is 1. The summed E-state index contributed by atoms with van der Waals surface area (Å²) in [6.07, 6.45) is 3.71. The molecule has 1 unspecified atom stereocenters. The summed E-state index contributed by atoms with van der Waals surface area (Å²) in [5, 5.41) is 3.85. The van der Waals surface area contributed by atoms with Gasteiger partial charge in [0.25, 0.3) is 0 Å². The van der Waals surface area contributed by atoms with E-state index >= 15 is 0 Å². The summed E-state index contributed by atoms with van der Waals surface area (Å²) in [4.78, 5) is 26.6. The molecule has 5 nitrogen and oxygen atoms in total. The Morgan fingerprint density at radius 3 is 2.68 bits per heavy atom. The second-order valence-corrected chi connectivity index (χ2v) is 5.37. The molecular formula is C17H17N3O2. The molecule has 0 radical (unpaired) electrons. The molecule has 3 rings (SSSR count). The Bertz CT molecular complexity index is 879. The lowest BCUT2D eigenvalue weighted by Crippen LogP contribution is -2.22. The third-order valence-corrected chi connectivity index (χ3v) is 3.77. The molecule has 0 aliphatic carbocycles. The van der Waals surface area contributed by atoms with Gasteiger partial charge in [-0.1, -0.05) is 6.07 Å². The average molecular weight is 295 g/mol. The Labute approximate surface area is 127 Å². The fourth-order valence-electron chi connectivity index (χ4n) is 2.50. The van der Waals surface area contributed by atoms with Crippen LogP contribution in [0.5, 0.6) is 0 Å². The van der Waals surface area contributed by atoms with Gasteiger partial charge in [-0.05, 0) is 43.7 Å². The number of hydrogen-bond donors (Lipinski definition) is 2. The molecule has 2 N–H and O–H groups in total. The van der Waals surface area contributed by atoms with Crippen molar-refractivity contribution in [1.29, 1.82) is 0 Å². The maximum absolute atomic E-state index is 12.3. The van der Waals surface area contributed by atoms with Gasteiger partial charge in [0.05, 0.1) is 5.52 Å². The number of pyridine rings is 1. The van der Waals surface area contributed by atoms with E-state index in [1.165, 1.54) is 0 Å². The molecule has 22 heavy (non-hydrogen) atoms. The summed E-state index contributed by atoms with van der Waals surface area (Å²) in [6.45, 7) is 3.73. The van der Waals surface area contributed by atoms with Crippen molar-refractivity contribution < 1.29 is 4.79 Å². The zero-order chi connectivity index (χ0) is 15.7. The normalized spacial score (nSPS) is 12.3. The van der Waals surface area contributed by atoms with Crippen LogP contribution in [0, 0.1) is 6.92 Å². The van der Waals surface area contributed by atoms with Crippen LogP contribution in [0.4, 0.5) is 5.69 Å². The maximum atomic E-state index is 12.3. The highest BCUT2D eigenvalue weighted by Crippen LogP contribution is 2.20. The van der Waals surface area contributed by atoms with Crippen molar-refractivity contribution in [3.05, 3.63) is 64.7 Å². The van der Waals surface area contributed by atoms with Gasteiger partial charge in [0.1, 0.15) is 6.04 Å². The molecule has 1 amide bonds. The number of aromatic amines is 1. The molecule has 5 heteroatoms. The van der Waals surface area contributed by atoms with Gasteiger partial charge < -0.3 is 14.9 Å². The molecule has 0 spiro atoms. The lowest BCUT2D eigenvalue weighted by molar-refractivity contribution is -0.118. The van der Waals surface area contributed by atoms with Crippen molar-refractivity contribution >= 4 is 22.5 Å². The summed E-state index contributed by atoms with van der Waals surface area (Å²) in [6, 6.07) is 10.5. The topological polar surface area (TPSA) is 66.9 Å². The number of amides is 1. The first-order valence-corrected chi connectivity index (χ1v) is 7.11. The highest BCUT2D eigenvalue weighted by atomic mass is 16.2. The first-order chi connectivity index (χ1) is 10.5. The van der Waals surface area contributed by atoms with E-state index < -0.39 is 0 Å². The molecule has 0 saturated heterocycles. The van der Waals surface area contributed by atoms with Gasteiger partial charge in [0.15, 0.2) is 0 Å². The monoisotopic (exact) mass is 295 g/mol. The van der Waals surface area contributed by atoms with Crippen molar-refractivity contribution in [3.8, 4) is 0 Å². The Morgan fingerprint density at radius 2 is 1.95 bits per heavy atom. The number of carbonyl (C=O) groups excluding carboxylic acids is 1. The van der Waals surface area contributed by atoms with E-state index in [0.717, 1.165) is 16.5 Å². The number of fused-ring (bicyclic) bond motifs is 1. The van der Waals surface area contributed by atoms with Crippen LogP contribution in [0.3, 0.4) is 0 Å². The molecule has 0 fully saturated rings. The van der Waals surface area contributed by atoms with Gasteiger partial charge in [0, 0.05) is 29.5 Å². The van der Waals surface area contributed by atoms with Gasteiger partial charge in [-0.25, -0.2) is 0 Å². The third kappa shape index (κ3) is 2.65. The summed E-state index contributed by atoms with van der Waals surface area (Å²) in [7, 11) is 0. The van der Waals surface area contributed by atoms with Crippen LogP contribution in [0.25, 0.3) is 10.9 Å². The lowest BCUT2D eigenvalue weighted by atomic mass is 10.1. The highest BCUT2D eigenvalue weighted by Gasteiger charge is 2.14. The van der Waals surface area contributed by atoms with Gasteiger partial charge in [-0.3, -0.25) is 9.59 Å². The third-order valence-electron chi connectivity index (χ3n) is 3.77. The molecule has 2 aromatic heterocycles. The van der Waals surface area contributed by atoms with Crippen molar-refractivity contribution in [1.82, 2.24) is 9.55 Å². The first kappa shape index (κ1) is 14.1. The Morgan fingerprint density at radius 1 is 1.23 bits per heavy atom. The lowest BCUT2D eigenvalue weighted by Gasteiger charge is -2.14. The van der Waals surface area contributed by atoms with E-state index in [-0.39, 0.29) is 17.5 Å². The SMILES string of the molecule is Cc1cc(=O)[nH]c2cc(NC(=O)C(C)n3cccc3)ccc12. The van der Waals surface area contributed by atoms with Crippen molar-refractivity contribution in [3.63, 3.8) is 0 Å². The molecule has 0 aliphatic rings. The number of carbonyl (C=O) groups is 1. The summed E-state index contributed by atoms with van der Waals surface area (Å²) in [5.74, 6) is -0.106. The van der Waals surface area contributed by atoms with E-state index in [1.54, 1.807) is 12.1 Å². The molecular weight excluding hydrogens is 278 g/mol. The Kier molecular flexibility index (Phi) is 3.55. The fourth-order valence-corrected chi connectivity index (χ4v) is 2.50. The molecule has 0 saturated carbocycles. The van der Waals surface area contributed by atoms with Gasteiger partial charge in [0.2, 0.25) is 11.5 Å². The Hall–Kier alpha value is -2.82. The van der Waals surface area contributed by atoms with Crippen LogP contribution in [0.1, 0.15) is 18.5 Å². The average Bonchev–Trinajstić information content (AvgIpc) is 2.99. The number of aryl methyl sites for hydroxylation is 1. The van der Waals surface area contributed by atoms with Crippen LogP contribution in [0.15, 0.2) is 53.6 Å². The summed E-state index contributed by atoms with van der Waals surface area (Å²) >= 11 is 0. The van der Waals surface area contributed by atoms with Gasteiger partial charge >= 0.3 is 0 Å². The van der Waals surface area contributed by atoms with Crippen molar-refractivity contribution in [2.24, 2.45) is 0 Å². The second-order valence-electron chi connectivity index (χ2n) is 5.37. The number of anilines is 1. The largest absolute Gasteiger partial charge is 0.342 e. The van der Waals surface area contributed by atoms with E-state index in [4.69, 9.17) is 0 Å². The van der Waals surface area contributed by atoms with Crippen LogP contribution >= 0.6 is 0 Å². The van der Waals surface area contributed by atoms with E-state index in [1.807, 2.05) is 55.1 Å². The van der Waals surface area contributed by atoms with Crippen LogP contribution < -0.4 is 10.9 Å². The van der Waals surface area contributed by atoms with Gasteiger partial charge in [-0.15, -0.1) is 0 Å². The Balaban J connectivity index is 1.88. The minimum Gasteiger partial charge on any atom is -0.342 e. The predicted octanol–water partition coefficient (Wildman–Crippen LogP) is 2.84. The van der Waals surface area contributed by atoms with Crippen molar-refractivity contribution in [2.45, 2.75) is 19.9 Å². The highest BCUT2D eigenvalue weighted by molar-refractivity contribution is 5.96. The number of hydrogen-bond acceptors (Lipinski definition) is 2. The molecule has 0 bridgehead atoms. The molecule has 2 heterocycles. The minimum atomic E-state index is -0.303. The number of benzene rings is 1. The molecule has 0 aliphatic heterocycles. The van der Waals surface area contributed by atoms with Crippen LogP contribution in [-0.2, 0) is 4.79 Å². The number of aromatic nitrogens is 2. The zero-order valence-electron chi connectivity index (χ0n) is 12.5. The number of rotatable bonds is 3. The minimum absolute atomic E-state index is 0.106. The van der Waals surface area contributed by atoms with Crippen molar-refractivity contribution in [2.75, 3.05) is 5.32 Å². The second kappa shape index (κ2) is 5.52. The summed E-state index contributed by atoms with van der Waals surface area (Å²) < 4.78 is 1.84. The first-order valence-electron chi connectivity index (χ1n) is 7.11. The smallest absolute Gasteiger partial charge is 0.248 e. The standard InChI is InChI=1S/C17H17N3O2/c1-11-9-16(21)19-15-10-13(5-6-14(11)15)18-17(22)12(2)20-7-3-4-8-20/h3-10,12H,1-2H3,(H,18,22)(H,19,21). The quantitative estimate of drug-likeness (QED) is 0.780. The fraction of sp³-hybridized carbons (Fsp3) is 0.176. The van der Waals surface area contributed by atoms with E-state index in [9.17, 15) is 9.59 Å². The molecule has 1 atom stereocenters. The summed E-state index contributed by atoms with van der Waals surface area (Å²) in [5.41, 5.74) is 2.15. The predicted molar refractivity (Wildman–Crippen MR) is 87.1 cm³/mol. The molecule has 112 valence electrons.